The SMILES string of the molecule is CC(O)(CO)c1cc(OCC#Cc2ccccc2)cc([N+](=O)[O-])c1. The van der Waals surface area contributed by atoms with E-state index in [0.29, 0.717) is 0 Å². The van der Waals surface area contributed by atoms with Crippen molar-refractivity contribution in [2.45, 2.75) is 12.5 Å². The molecule has 0 amide bonds. The van der Waals surface area contributed by atoms with Crippen molar-refractivity contribution in [2.75, 3.05) is 13.2 Å². The molecule has 124 valence electrons. The van der Waals surface area contributed by atoms with Crippen LogP contribution in [0.2, 0.25) is 0 Å². The second-order valence-electron chi connectivity index (χ2n) is 5.36. The quantitative estimate of drug-likeness (QED) is 0.499. The van der Waals surface area contributed by atoms with Gasteiger partial charge in [0.1, 0.15) is 18.0 Å². The first kappa shape index (κ1) is 17.5. The first-order chi connectivity index (χ1) is 11.4. The molecule has 0 saturated heterocycles. The number of hydrogen-bond donors (Lipinski definition) is 2. The maximum Gasteiger partial charge on any atom is 0.273 e. The Hall–Kier alpha value is -2.88. The van der Waals surface area contributed by atoms with Crippen LogP contribution in [0.15, 0.2) is 48.5 Å². The highest BCUT2D eigenvalue weighted by Crippen LogP contribution is 2.29. The van der Waals surface area contributed by atoms with Crippen LogP contribution in [-0.2, 0) is 5.60 Å². The Morgan fingerprint density at radius 3 is 2.58 bits per heavy atom. The standard InChI is InChI=1S/C18H17NO5/c1-18(21,13-20)15-10-16(19(22)23)12-17(11-15)24-9-5-8-14-6-3-2-4-7-14/h2-4,6-7,10-12,20-21H,9,13H2,1H3. The smallest absolute Gasteiger partial charge is 0.273 e. The zero-order valence-corrected chi connectivity index (χ0v) is 13.1. The van der Waals surface area contributed by atoms with E-state index in [1.807, 2.05) is 30.3 Å². The zero-order valence-electron chi connectivity index (χ0n) is 13.1. The maximum absolute atomic E-state index is 11.0. The molecule has 2 rings (SSSR count). The second kappa shape index (κ2) is 7.59. The molecule has 6 heteroatoms. The van der Waals surface area contributed by atoms with Crippen LogP contribution in [-0.4, -0.2) is 28.4 Å². The van der Waals surface area contributed by atoms with Crippen LogP contribution in [0.1, 0.15) is 18.1 Å². The highest BCUT2D eigenvalue weighted by molar-refractivity contribution is 5.45. The van der Waals surface area contributed by atoms with Gasteiger partial charge in [-0.3, -0.25) is 10.1 Å². The molecular weight excluding hydrogens is 310 g/mol. The molecule has 0 radical (unpaired) electrons. The molecule has 0 spiro atoms. The van der Waals surface area contributed by atoms with Crippen molar-refractivity contribution in [1.29, 1.82) is 0 Å². The van der Waals surface area contributed by atoms with E-state index in [2.05, 4.69) is 11.8 Å². The normalized spacial score (nSPS) is 12.6. The molecular formula is C18H17NO5. The molecule has 0 aliphatic rings. The van der Waals surface area contributed by atoms with Gasteiger partial charge in [-0.05, 0) is 30.7 Å². The van der Waals surface area contributed by atoms with Gasteiger partial charge in [-0.2, -0.15) is 0 Å². The first-order valence-electron chi connectivity index (χ1n) is 7.22. The Balaban J connectivity index is 2.18. The summed E-state index contributed by atoms with van der Waals surface area (Å²) >= 11 is 0. The number of benzene rings is 2. The van der Waals surface area contributed by atoms with E-state index in [-0.39, 0.29) is 23.6 Å². The van der Waals surface area contributed by atoms with Gasteiger partial charge in [-0.25, -0.2) is 0 Å². The van der Waals surface area contributed by atoms with Crippen molar-refractivity contribution in [3.05, 3.63) is 69.8 Å². The van der Waals surface area contributed by atoms with Crippen molar-refractivity contribution >= 4 is 5.69 Å². The van der Waals surface area contributed by atoms with E-state index in [1.54, 1.807) is 0 Å². The topological polar surface area (TPSA) is 92.8 Å². The van der Waals surface area contributed by atoms with E-state index < -0.39 is 17.1 Å². The summed E-state index contributed by atoms with van der Waals surface area (Å²) in [6.07, 6.45) is 0. The van der Waals surface area contributed by atoms with Crippen LogP contribution in [0.3, 0.4) is 0 Å². The molecule has 1 atom stereocenters. The van der Waals surface area contributed by atoms with Gasteiger partial charge >= 0.3 is 0 Å². The third kappa shape index (κ3) is 4.56. The van der Waals surface area contributed by atoms with Gasteiger partial charge < -0.3 is 14.9 Å². The molecule has 2 N–H and O–H groups in total. The fourth-order valence-corrected chi connectivity index (χ4v) is 1.95. The van der Waals surface area contributed by atoms with Crippen molar-refractivity contribution < 1.29 is 19.9 Å². The number of non-ortho nitro benzene ring substituents is 1. The minimum Gasteiger partial charge on any atom is -0.481 e. The third-order valence-corrected chi connectivity index (χ3v) is 3.35. The highest BCUT2D eigenvalue weighted by atomic mass is 16.6. The Bertz CT molecular complexity index is 775. The number of nitrogens with zero attached hydrogens (tertiary/aromatic N) is 1. The van der Waals surface area contributed by atoms with Crippen LogP contribution < -0.4 is 4.74 Å². The van der Waals surface area contributed by atoms with Gasteiger partial charge in [-0.15, -0.1) is 0 Å². The minimum absolute atomic E-state index is 0.0385. The average Bonchev–Trinajstić information content (AvgIpc) is 2.59. The number of nitro benzene ring substituents is 1. The molecule has 1 unspecified atom stereocenters. The Labute approximate surface area is 139 Å². The lowest BCUT2D eigenvalue weighted by molar-refractivity contribution is -0.385. The summed E-state index contributed by atoms with van der Waals surface area (Å²) in [6, 6.07) is 13.3. The van der Waals surface area contributed by atoms with Gasteiger partial charge in [0, 0.05) is 11.6 Å². The van der Waals surface area contributed by atoms with Gasteiger partial charge in [0.25, 0.3) is 5.69 Å². The molecule has 0 aliphatic heterocycles. The van der Waals surface area contributed by atoms with Crippen molar-refractivity contribution in [1.82, 2.24) is 0 Å². The van der Waals surface area contributed by atoms with E-state index in [4.69, 9.17) is 4.74 Å². The van der Waals surface area contributed by atoms with Crippen LogP contribution in [0.5, 0.6) is 5.75 Å². The summed E-state index contributed by atoms with van der Waals surface area (Å²) in [5.41, 5.74) is -0.790. The molecule has 0 bridgehead atoms. The largest absolute Gasteiger partial charge is 0.481 e. The predicted octanol–water partition coefficient (Wildman–Crippen LogP) is 2.23. The van der Waals surface area contributed by atoms with E-state index in [1.165, 1.54) is 25.1 Å². The molecule has 0 fully saturated rings. The Morgan fingerprint density at radius 2 is 1.96 bits per heavy atom. The number of nitro groups is 1. The summed E-state index contributed by atoms with van der Waals surface area (Å²) in [4.78, 5) is 10.4. The van der Waals surface area contributed by atoms with Crippen molar-refractivity contribution in [3.63, 3.8) is 0 Å². The molecule has 6 nitrogen and oxygen atoms in total. The van der Waals surface area contributed by atoms with Crippen LogP contribution in [0, 0.1) is 22.0 Å². The summed E-state index contributed by atoms with van der Waals surface area (Å²) in [6.45, 7) is 0.837. The third-order valence-electron chi connectivity index (χ3n) is 3.35. The van der Waals surface area contributed by atoms with Gasteiger partial charge in [-0.1, -0.05) is 30.0 Å². The molecule has 24 heavy (non-hydrogen) atoms. The van der Waals surface area contributed by atoms with E-state index >= 15 is 0 Å². The number of rotatable bonds is 5. The fraction of sp³-hybridized carbons (Fsp3) is 0.222. The fourth-order valence-electron chi connectivity index (χ4n) is 1.95. The maximum atomic E-state index is 11.0. The molecule has 2 aromatic carbocycles. The first-order valence-corrected chi connectivity index (χ1v) is 7.22. The van der Waals surface area contributed by atoms with Crippen molar-refractivity contribution in [2.24, 2.45) is 0 Å². The zero-order chi connectivity index (χ0) is 17.6. The monoisotopic (exact) mass is 327 g/mol. The highest BCUT2D eigenvalue weighted by Gasteiger charge is 2.25. The predicted molar refractivity (Wildman–Crippen MR) is 88.6 cm³/mol. The summed E-state index contributed by atoms with van der Waals surface area (Å²) < 4.78 is 5.43. The van der Waals surface area contributed by atoms with Gasteiger partial charge in [0.05, 0.1) is 17.6 Å². The number of aliphatic hydroxyl groups excluding tert-OH is 1. The Kier molecular flexibility index (Phi) is 5.53. The molecule has 0 aliphatic carbocycles. The van der Waals surface area contributed by atoms with Crippen LogP contribution in [0.25, 0.3) is 0 Å². The number of ether oxygens (including phenoxy) is 1. The van der Waals surface area contributed by atoms with E-state index in [9.17, 15) is 20.3 Å². The van der Waals surface area contributed by atoms with Gasteiger partial charge in [0.2, 0.25) is 0 Å². The molecule has 0 saturated carbocycles. The summed E-state index contributed by atoms with van der Waals surface area (Å²) in [7, 11) is 0. The summed E-state index contributed by atoms with van der Waals surface area (Å²) in [5.74, 6) is 5.93. The molecule has 0 heterocycles. The van der Waals surface area contributed by atoms with Crippen LogP contribution >= 0.6 is 0 Å². The summed E-state index contributed by atoms with van der Waals surface area (Å²) in [5, 5.41) is 30.3. The number of aliphatic hydroxyl groups is 2. The lowest BCUT2D eigenvalue weighted by atomic mass is 9.96. The van der Waals surface area contributed by atoms with Crippen molar-refractivity contribution in [3.8, 4) is 17.6 Å². The molecule has 2 aromatic rings. The molecule has 0 aromatic heterocycles. The second-order valence-corrected chi connectivity index (χ2v) is 5.36. The van der Waals surface area contributed by atoms with Crippen LogP contribution in [0.4, 0.5) is 5.69 Å². The van der Waals surface area contributed by atoms with E-state index in [0.717, 1.165) is 5.56 Å². The lowest BCUT2D eigenvalue weighted by Crippen LogP contribution is -2.25. The Morgan fingerprint density at radius 1 is 1.25 bits per heavy atom. The van der Waals surface area contributed by atoms with Gasteiger partial charge in [0.15, 0.2) is 0 Å². The minimum atomic E-state index is -1.60. The lowest BCUT2D eigenvalue weighted by Gasteiger charge is -2.21. The average molecular weight is 327 g/mol. The number of hydrogen-bond acceptors (Lipinski definition) is 5.